The molecule has 0 unspecified atom stereocenters. The highest BCUT2D eigenvalue weighted by Gasteiger charge is 2.32. The van der Waals surface area contributed by atoms with Gasteiger partial charge in [-0.15, -0.1) is 0 Å². The molecule has 1 aromatic carbocycles. The standard InChI is InChI=1S/C25H26N4O4S2/c1-17-7-8-21-27-22(26-10-13-33-14-12-30)19(23(31)29(21)16-17)15-20-24(32)28(25(34)35-20)11-9-18-5-3-2-4-6-18/h2-8,15-16,26,30H,9-14H2,1H3/b20-15+. The third-order valence-corrected chi connectivity index (χ3v) is 6.77. The average Bonchev–Trinajstić information content (AvgIpc) is 3.13. The molecule has 1 aliphatic heterocycles. The van der Waals surface area contributed by atoms with Crippen LogP contribution in [-0.2, 0) is 16.0 Å². The van der Waals surface area contributed by atoms with Crippen LogP contribution in [0, 0.1) is 6.92 Å². The Morgan fingerprint density at radius 1 is 1.17 bits per heavy atom. The normalized spacial score (nSPS) is 14.9. The van der Waals surface area contributed by atoms with Gasteiger partial charge in [0, 0.05) is 19.3 Å². The van der Waals surface area contributed by atoms with Gasteiger partial charge in [0.15, 0.2) is 0 Å². The zero-order chi connectivity index (χ0) is 24.8. The second-order valence-electron chi connectivity index (χ2n) is 7.95. The second-order valence-corrected chi connectivity index (χ2v) is 9.62. The smallest absolute Gasteiger partial charge is 0.267 e. The van der Waals surface area contributed by atoms with Gasteiger partial charge in [-0.3, -0.25) is 18.9 Å². The number of carbonyl (C=O) groups is 1. The Bertz CT molecular complexity index is 1320. The van der Waals surface area contributed by atoms with E-state index < -0.39 is 0 Å². The molecule has 1 fully saturated rings. The molecule has 10 heteroatoms. The number of fused-ring (bicyclic) bond motifs is 1. The minimum Gasteiger partial charge on any atom is -0.394 e. The van der Waals surface area contributed by atoms with Gasteiger partial charge in [0.25, 0.3) is 11.5 Å². The number of nitrogens with one attached hydrogen (secondary N) is 1. The minimum atomic E-state index is -0.285. The Balaban J connectivity index is 1.62. The maximum absolute atomic E-state index is 13.4. The van der Waals surface area contributed by atoms with Crippen molar-refractivity contribution >= 4 is 51.7 Å². The number of aryl methyl sites for hydroxylation is 1. The summed E-state index contributed by atoms with van der Waals surface area (Å²) in [6.45, 7) is 3.24. The SMILES string of the molecule is Cc1ccc2nc(NCCOCCO)c(/C=C3/SC(=S)N(CCc4ccccc4)C3=O)c(=O)n2c1. The predicted molar refractivity (Wildman–Crippen MR) is 143 cm³/mol. The van der Waals surface area contributed by atoms with Crippen molar-refractivity contribution < 1.29 is 14.6 Å². The van der Waals surface area contributed by atoms with Crippen LogP contribution in [0.4, 0.5) is 5.82 Å². The molecule has 0 saturated carbocycles. The molecule has 3 heterocycles. The maximum Gasteiger partial charge on any atom is 0.267 e. The van der Waals surface area contributed by atoms with Crippen LogP contribution in [0.1, 0.15) is 16.7 Å². The van der Waals surface area contributed by atoms with Gasteiger partial charge in [0.2, 0.25) is 0 Å². The van der Waals surface area contributed by atoms with E-state index in [9.17, 15) is 9.59 Å². The highest BCUT2D eigenvalue weighted by Crippen LogP contribution is 2.33. The van der Waals surface area contributed by atoms with Crippen LogP contribution in [0.15, 0.2) is 58.4 Å². The molecule has 0 spiro atoms. The molecule has 3 aromatic rings. The number of thiocarbonyl (C=S) groups is 1. The number of amides is 1. The van der Waals surface area contributed by atoms with Crippen molar-refractivity contribution in [3.63, 3.8) is 0 Å². The molecule has 0 aliphatic carbocycles. The summed E-state index contributed by atoms with van der Waals surface area (Å²) < 4.78 is 7.24. The van der Waals surface area contributed by atoms with E-state index in [2.05, 4.69) is 10.3 Å². The number of nitrogens with zero attached hydrogens (tertiary/aromatic N) is 3. The lowest BCUT2D eigenvalue weighted by atomic mass is 10.1. The lowest BCUT2D eigenvalue weighted by Gasteiger charge is -2.14. The number of aliphatic hydroxyl groups is 1. The van der Waals surface area contributed by atoms with Gasteiger partial charge in [-0.2, -0.15) is 0 Å². The predicted octanol–water partition coefficient (Wildman–Crippen LogP) is 2.87. The molecule has 182 valence electrons. The van der Waals surface area contributed by atoms with Crippen LogP contribution in [0.5, 0.6) is 0 Å². The van der Waals surface area contributed by atoms with E-state index in [4.69, 9.17) is 22.1 Å². The third kappa shape index (κ3) is 5.96. The van der Waals surface area contributed by atoms with Crippen LogP contribution in [0.25, 0.3) is 11.7 Å². The van der Waals surface area contributed by atoms with Gasteiger partial charge in [0.05, 0.1) is 30.3 Å². The molecule has 0 bridgehead atoms. The first-order valence-electron chi connectivity index (χ1n) is 11.2. The van der Waals surface area contributed by atoms with Gasteiger partial charge >= 0.3 is 0 Å². The Morgan fingerprint density at radius 3 is 2.74 bits per heavy atom. The lowest BCUT2D eigenvalue weighted by molar-refractivity contribution is -0.122. The van der Waals surface area contributed by atoms with Crippen molar-refractivity contribution in [2.75, 3.05) is 38.2 Å². The van der Waals surface area contributed by atoms with E-state index in [0.717, 1.165) is 11.1 Å². The molecule has 8 nitrogen and oxygen atoms in total. The van der Waals surface area contributed by atoms with Crippen molar-refractivity contribution in [2.24, 2.45) is 0 Å². The summed E-state index contributed by atoms with van der Waals surface area (Å²) in [5.74, 6) is 0.142. The fourth-order valence-corrected chi connectivity index (χ4v) is 4.93. The van der Waals surface area contributed by atoms with E-state index in [-0.39, 0.29) is 30.2 Å². The largest absolute Gasteiger partial charge is 0.394 e. The molecular weight excluding hydrogens is 484 g/mol. The van der Waals surface area contributed by atoms with E-state index in [0.29, 0.717) is 46.8 Å². The molecule has 4 rings (SSSR count). The second kappa shape index (κ2) is 11.6. The molecule has 0 radical (unpaired) electrons. The van der Waals surface area contributed by atoms with Gasteiger partial charge in [-0.25, -0.2) is 4.98 Å². The van der Waals surface area contributed by atoms with Crippen LogP contribution in [0.3, 0.4) is 0 Å². The molecule has 1 aliphatic rings. The highest BCUT2D eigenvalue weighted by atomic mass is 32.2. The Labute approximate surface area is 212 Å². The van der Waals surface area contributed by atoms with Crippen LogP contribution < -0.4 is 10.9 Å². The van der Waals surface area contributed by atoms with Gasteiger partial charge < -0.3 is 15.2 Å². The van der Waals surface area contributed by atoms with Gasteiger partial charge in [0.1, 0.15) is 15.8 Å². The first-order valence-corrected chi connectivity index (χ1v) is 12.4. The Kier molecular flexibility index (Phi) is 8.29. The summed E-state index contributed by atoms with van der Waals surface area (Å²) in [7, 11) is 0. The van der Waals surface area contributed by atoms with E-state index in [1.165, 1.54) is 16.2 Å². The van der Waals surface area contributed by atoms with Gasteiger partial charge in [-0.1, -0.05) is 60.4 Å². The van der Waals surface area contributed by atoms with Crippen LogP contribution in [0.2, 0.25) is 0 Å². The van der Waals surface area contributed by atoms with Crippen LogP contribution >= 0.6 is 24.0 Å². The first kappa shape index (κ1) is 25.1. The zero-order valence-electron chi connectivity index (χ0n) is 19.3. The first-order chi connectivity index (χ1) is 17.0. The number of anilines is 1. The van der Waals surface area contributed by atoms with Crippen molar-refractivity contribution in [1.82, 2.24) is 14.3 Å². The Hall–Kier alpha value is -3.05. The van der Waals surface area contributed by atoms with Crippen molar-refractivity contribution in [1.29, 1.82) is 0 Å². The fraction of sp³-hybridized carbons (Fsp3) is 0.280. The number of aromatic nitrogens is 2. The summed E-state index contributed by atoms with van der Waals surface area (Å²) in [6.07, 6.45) is 3.98. The number of ether oxygens (including phenoxy) is 1. The number of hydrogen-bond donors (Lipinski definition) is 2. The maximum atomic E-state index is 13.4. The zero-order valence-corrected chi connectivity index (χ0v) is 20.9. The molecule has 1 saturated heterocycles. The molecule has 1 amide bonds. The van der Waals surface area contributed by atoms with E-state index in [1.54, 1.807) is 23.2 Å². The Morgan fingerprint density at radius 2 is 1.97 bits per heavy atom. The molecule has 2 aromatic heterocycles. The molecule has 35 heavy (non-hydrogen) atoms. The van der Waals surface area contributed by atoms with E-state index in [1.807, 2.05) is 43.3 Å². The molecule has 0 atom stereocenters. The van der Waals surface area contributed by atoms with Crippen LogP contribution in [-0.4, -0.2) is 62.5 Å². The third-order valence-electron chi connectivity index (χ3n) is 5.40. The highest BCUT2D eigenvalue weighted by molar-refractivity contribution is 8.26. The number of thioether (sulfide) groups is 1. The topological polar surface area (TPSA) is 96.2 Å². The lowest BCUT2D eigenvalue weighted by Crippen LogP contribution is -2.30. The number of benzene rings is 1. The summed E-state index contributed by atoms with van der Waals surface area (Å²) in [6, 6.07) is 13.6. The summed E-state index contributed by atoms with van der Waals surface area (Å²) in [5.41, 5.74) is 2.52. The number of hydrogen-bond acceptors (Lipinski definition) is 8. The van der Waals surface area contributed by atoms with Gasteiger partial charge in [-0.05, 0) is 36.6 Å². The van der Waals surface area contributed by atoms with Crippen molar-refractivity contribution in [3.05, 3.63) is 80.6 Å². The number of aliphatic hydroxyl groups excluding tert-OH is 1. The van der Waals surface area contributed by atoms with E-state index >= 15 is 0 Å². The quantitative estimate of drug-likeness (QED) is 0.244. The fourth-order valence-electron chi connectivity index (χ4n) is 3.64. The summed E-state index contributed by atoms with van der Waals surface area (Å²) in [4.78, 5) is 33.2. The minimum absolute atomic E-state index is 0.0632. The number of pyridine rings is 1. The molecule has 2 N–H and O–H groups in total. The average molecular weight is 511 g/mol. The van der Waals surface area contributed by atoms with Crippen molar-refractivity contribution in [2.45, 2.75) is 13.3 Å². The molecular formula is C25H26N4O4S2. The number of rotatable bonds is 10. The number of carbonyl (C=O) groups excluding carboxylic acids is 1. The van der Waals surface area contributed by atoms with Crippen molar-refractivity contribution in [3.8, 4) is 0 Å². The summed E-state index contributed by atoms with van der Waals surface area (Å²) in [5, 5.41) is 12.0. The monoisotopic (exact) mass is 510 g/mol. The summed E-state index contributed by atoms with van der Waals surface area (Å²) >= 11 is 6.66.